The molecule has 0 atom stereocenters. The Morgan fingerprint density at radius 3 is 2.63 bits per heavy atom. The highest BCUT2D eigenvalue weighted by atomic mass is 16.1. The van der Waals surface area contributed by atoms with E-state index in [1.54, 1.807) is 12.1 Å². The fourth-order valence-electron chi connectivity index (χ4n) is 1.91. The monoisotopic (exact) mass is 255 g/mol. The molecular formula is C15H17N3O. The summed E-state index contributed by atoms with van der Waals surface area (Å²) >= 11 is 0. The average Bonchev–Trinajstić information content (AvgIpc) is 2.41. The molecule has 1 amide bonds. The van der Waals surface area contributed by atoms with Crippen LogP contribution in [0.4, 0.5) is 17.1 Å². The van der Waals surface area contributed by atoms with Gasteiger partial charge in [-0.2, -0.15) is 0 Å². The Labute approximate surface area is 112 Å². The molecule has 0 aliphatic carbocycles. The molecule has 0 heterocycles. The summed E-state index contributed by atoms with van der Waals surface area (Å²) < 4.78 is 0. The summed E-state index contributed by atoms with van der Waals surface area (Å²) in [5.74, 6) is -0.525. The highest BCUT2D eigenvalue weighted by Crippen LogP contribution is 2.26. The van der Waals surface area contributed by atoms with Gasteiger partial charge in [-0.3, -0.25) is 4.79 Å². The smallest absolute Gasteiger partial charge is 0.250 e. The molecule has 2 aromatic carbocycles. The summed E-state index contributed by atoms with van der Waals surface area (Å²) in [6, 6.07) is 13.2. The molecule has 0 spiro atoms. The van der Waals surface area contributed by atoms with Crippen LogP contribution in [0.1, 0.15) is 22.8 Å². The average molecular weight is 255 g/mol. The lowest BCUT2D eigenvalue weighted by Crippen LogP contribution is -2.14. The number of hydrogen-bond acceptors (Lipinski definition) is 3. The second-order valence-electron chi connectivity index (χ2n) is 4.31. The number of aryl methyl sites for hydroxylation is 1. The highest BCUT2D eigenvalue weighted by Gasteiger charge is 2.09. The first kappa shape index (κ1) is 13.0. The van der Waals surface area contributed by atoms with Crippen LogP contribution in [-0.4, -0.2) is 5.91 Å². The van der Waals surface area contributed by atoms with E-state index in [9.17, 15) is 4.79 Å². The largest absolute Gasteiger partial charge is 0.396 e. The molecule has 5 N–H and O–H groups in total. The second kappa shape index (κ2) is 5.44. The van der Waals surface area contributed by atoms with Gasteiger partial charge in [-0.05, 0) is 36.2 Å². The molecule has 0 aromatic heterocycles. The Balaban J connectivity index is 2.33. The predicted octanol–water partition coefficient (Wildman–Crippen LogP) is 2.67. The van der Waals surface area contributed by atoms with Crippen LogP contribution in [0, 0.1) is 0 Å². The molecule has 0 fully saturated rings. The fraction of sp³-hybridized carbons (Fsp3) is 0.133. The van der Waals surface area contributed by atoms with Crippen LogP contribution in [0.2, 0.25) is 0 Å². The van der Waals surface area contributed by atoms with Gasteiger partial charge in [-0.1, -0.05) is 25.1 Å². The molecule has 0 saturated carbocycles. The van der Waals surface area contributed by atoms with Crippen molar-refractivity contribution in [3.8, 4) is 0 Å². The molecule has 19 heavy (non-hydrogen) atoms. The topological polar surface area (TPSA) is 81.1 Å². The summed E-state index contributed by atoms with van der Waals surface area (Å²) in [5.41, 5.74) is 14.8. The maximum atomic E-state index is 11.2. The van der Waals surface area contributed by atoms with Crippen LogP contribution in [0.3, 0.4) is 0 Å². The normalized spacial score (nSPS) is 10.2. The van der Waals surface area contributed by atoms with Crippen molar-refractivity contribution in [2.24, 2.45) is 5.73 Å². The highest BCUT2D eigenvalue weighted by molar-refractivity contribution is 6.01. The van der Waals surface area contributed by atoms with Gasteiger partial charge in [0.15, 0.2) is 0 Å². The SMILES string of the molecule is CCc1cccc(Nc2cccc(C(N)=O)c2N)c1. The molecule has 0 bridgehead atoms. The van der Waals surface area contributed by atoms with Gasteiger partial charge in [0.05, 0.1) is 16.9 Å². The molecule has 0 aliphatic rings. The van der Waals surface area contributed by atoms with Crippen LogP contribution in [-0.2, 0) is 6.42 Å². The number of nitrogens with one attached hydrogen (secondary N) is 1. The van der Waals surface area contributed by atoms with E-state index in [0.717, 1.165) is 12.1 Å². The van der Waals surface area contributed by atoms with Crippen molar-refractivity contribution in [3.05, 3.63) is 53.6 Å². The third kappa shape index (κ3) is 2.85. The Kier molecular flexibility index (Phi) is 3.71. The van der Waals surface area contributed by atoms with Crippen LogP contribution < -0.4 is 16.8 Å². The maximum Gasteiger partial charge on any atom is 0.250 e. The minimum atomic E-state index is -0.525. The Morgan fingerprint density at radius 2 is 1.95 bits per heavy atom. The van der Waals surface area contributed by atoms with E-state index >= 15 is 0 Å². The molecule has 4 heteroatoms. The lowest BCUT2D eigenvalue weighted by atomic mass is 10.1. The number of para-hydroxylation sites is 1. The second-order valence-corrected chi connectivity index (χ2v) is 4.31. The lowest BCUT2D eigenvalue weighted by Gasteiger charge is -2.12. The molecule has 0 unspecified atom stereocenters. The van der Waals surface area contributed by atoms with Gasteiger partial charge in [0.2, 0.25) is 0 Å². The van der Waals surface area contributed by atoms with E-state index in [0.29, 0.717) is 16.9 Å². The molecule has 0 aliphatic heterocycles. The number of nitrogen functional groups attached to an aromatic ring is 1. The predicted molar refractivity (Wildman–Crippen MR) is 78.5 cm³/mol. The van der Waals surface area contributed by atoms with Crippen LogP contribution in [0.25, 0.3) is 0 Å². The van der Waals surface area contributed by atoms with E-state index in [1.807, 2.05) is 18.2 Å². The number of carbonyl (C=O) groups is 1. The van der Waals surface area contributed by atoms with Crippen LogP contribution in [0.5, 0.6) is 0 Å². The quantitative estimate of drug-likeness (QED) is 0.735. The molecule has 0 saturated heterocycles. The Bertz CT molecular complexity index is 608. The number of benzene rings is 2. The number of primary amides is 1. The number of rotatable bonds is 4. The number of carbonyl (C=O) groups excluding carboxylic acids is 1. The fourth-order valence-corrected chi connectivity index (χ4v) is 1.91. The minimum absolute atomic E-state index is 0.330. The lowest BCUT2D eigenvalue weighted by molar-refractivity contribution is 0.100. The van der Waals surface area contributed by atoms with Crippen molar-refractivity contribution < 1.29 is 4.79 Å². The Morgan fingerprint density at radius 1 is 1.21 bits per heavy atom. The number of hydrogen-bond donors (Lipinski definition) is 3. The summed E-state index contributed by atoms with van der Waals surface area (Å²) in [6.45, 7) is 2.10. The number of amides is 1. The third-order valence-electron chi connectivity index (χ3n) is 2.99. The van der Waals surface area contributed by atoms with Gasteiger partial charge in [0.25, 0.3) is 5.91 Å². The molecule has 4 nitrogen and oxygen atoms in total. The first-order valence-corrected chi connectivity index (χ1v) is 6.16. The standard InChI is InChI=1S/C15H17N3O/c1-2-10-5-3-6-11(9-10)18-13-8-4-7-12(14(13)16)15(17)19/h3-9,18H,2,16H2,1H3,(H2,17,19). The first-order chi connectivity index (χ1) is 9.11. The number of anilines is 3. The summed E-state index contributed by atoms with van der Waals surface area (Å²) in [6.07, 6.45) is 0.965. The summed E-state index contributed by atoms with van der Waals surface area (Å²) in [5, 5.41) is 3.21. The van der Waals surface area contributed by atoms with Gasteiger partial charge in [-0.15, -0.1) is 0 Å². The molecule has 0 radical (unpaired) electrons. The van der Waals surface area contributed by atoms with Crippen molar-refractivity contribution in [2.45, 2.75) is 13.3 Å². The molecule has 2 rings (SSSR count). The van der Waals surface area contributed by atoms with Crippen LogP contribution >= 0.6 is 0 Å². The van der Waals surface area contributed by atoms with E-state index in [-0.39, 0.29) is 0 Å². The summed E-state index contributed by atoms with van der Waals surface area (Å²) in [7, 11) is 0. The van der Waals surface area contributed by atoms with E-state index < -0.39 is 5.91 Å². The van der Waals surface area contributed by atoms with Gasteiger partial charge in [0.1, 0.15) is 0 Å². The third-order valence-corrected chi connectivity index (χ3v) is 2.99. The van der Waals surface area contributed by atoms with Crippen molar-refractivity contribution in [1.82, 2.24) is 0 Å². The van der Waals surface area contributed by atoms with Gasteiger partial charge >= 0.3 is 0 Å². The Hall–Kier alpha value is -2.49. The number of nitrogens with two attached hydrogens (primary N) is 2. The van der Waals surface area contributed by atoms with E-state index in [1.165, 1.54) is 5.56 Å². The van der Waals surface area contributed by atoms with Gasteiger partial charge in [0, 0.05) is 5.69 Å². The maximum absolute atomic E-state index is 11.2. The van der Waals surface area contributed by atoms with Crippen molar-refractivity contribution >= 4 is 23.0 Å². The zero-order chi connectivity index (χ0) is 13.8. The van der Waals surface area contributed by atoms with Gasteiger partial charge in [-0.25, -0.2) is 0 Å². The molecule has 2 aromatic rings. The zero-order valence-corrected chi connectivity index (χ0v) is 10.8. The minimum Gasteiger partial charge on any atom is -0.396 e. The van der Waals surface area contributed by atoms with Crippen molar-refractivity contribution in [2.75, 3.05) is 11.1 Å². The molecular weight excluding hydrogens is 238 g/mol. The van der Waals surface area contributed by atoms with E-state index in [4.69, 9.17) is 11.5 Å². The van der Waals surface area contributed by atoms with E-state index in [2.05, 4.69) is 24.4 Å². The zero-order valence-electron chi connectivity index (χ0n) is 10.8. The first-order valence-electron chi connectivity index (χ1n) is 6.16. The summed E-state index contributed by atoms with van der Waals surface area (Å²) in [4.78, 5) is 11.2. The van der Waals surface area contributed by atoms with Crippen LogP contribution in [0.15, 0.2) is 42.5 Å². The van der Waals surface area contributed by atoms with Crippen molar-refractivity contribution in [1.29, 1.82) is 0 Å². The van der Waals surface area contributed by atoms with Crippen molar-refractivity contribution in [3.63, 3.8) is 0 Å². The van der Waals surface area contributed by atoms with Gasteiger partial charge < -0.3 is 16.8 Å². The molecule has 98 valence electrons.